The highest BCUT2D eigenvalue weighted by Crippen LogP contribution is 2.32. The van der Waals surface area contributed by atoms with Gasteiger partial charge in [-0.2, -0.15) is 18.4 Å². The molecule has 0 aliphatic carbocycles. The maximum absolute atomic E-state index is 12.9. The Bertz CT molecular complexity index is 1190. The van der Waals surface area contributed by atoms with Gasteiger partial charge in [0.1, 0.15) is 17.3 Å². The Balaban J connectivity index is 2.30. The molecule has 0 radical (unpaired) electrons. The van der Waals surface area contributed by atoms with Crippen LogP contribution in [0.4, 0.5) is 13.2 Å². The van der Waals surface area contributed by atoms with E-state index in [0.717, 1.165) is 6.07 Å². The molecule has 0 N–H and O–H groups in total. The maximum Gasteiger partial charge on any atom is 0.417 e. The van der Waals surface area contributed by atoms with Crippen LogP contribution >= 0.6 is 0 Å². The van der Waals surface area contributed by atoms with Gasteiger partial charge in [0, 0.05) is 19.4 Å². The molecule has 0 aromatic carbocycles. The van der Waals surface area contributed by atoms with Crippen molar-refractivity contribution in [3.63, 3.8) is 0 Å². The largest absolute Gasteiger partial charge is 0.417 e. The lowest BCUT2D eigenvalue weighted by atomic mass is 10.2. The second-order valence-corrected chi connectivity index (χ2v) is 7.89. The molecule has 0 unspecified atom stereocenters. The Kier molecular flexibility index (Phi) is 4.39. The number of aryl methyl sites for hydroxylation is 1. The fourth-order valence-corrected chi connectivity index (χ4v) is 3.57. The van der Waals surface area contributed by atoms with Crippen LogP contribution < -0.4 is 0 Å². The minimum atomic E-state index is -4.58. The van der Waals surface area contributed by atoms with Gasteiger partial charge in [-0.3, -0.25) is 4.98 Å². The van der Waals surface area contributed by atoms with E-state index >= 15 is 0 Å². The Morgan fingerprint density at radius 3 is 2.52 bits per heavy atom. The summed E-state index contributed by atoms with van der Waals surface area (Å²) in [4.78, 5) is 11.7. The number of sulfone groups is 1. The molecule has 3 aromatic rings. The predicted octanol–water partition coefficient (Wildman–Crippen LogP) is 2.71. The lowest BCUT2D eigenvalue weighted by molar-refractivity contribution is -0.137. The molecule has 0 aliphatic rings. The zero-order valence-electron chi connectivity index (χ0n) is 14.1. The molecule has 3 heterocycles. The number of hydrogen-bond donors (Lipinski definition) is 0. The highest BCUT2D eigenvalue weighted by atomic mass is 32.2. The minimum Gasteiger partial charge on any atom is -0.310 e. The number of hydrogen-bond acceptors (Lipinski definition) is 6. The normalized spacial score (nSPS) is 12.3. The highest BCUT2D eigenvalue weighted by Gasteiger charge is 2.32. The van der Waals surface area contributed by atoms with Gasteiger partial charge < -0.3 is 4.57 Å². The summed E-state index contributed by atoms with van der Waals surface area (Å²) in [5, 5.41) is 9.02. The number of pyridine rings is 2. The molecule has 7 nitrogen and oxygen atoms in total. The van der Waals surface area contributed by atoms with Crippen molar-refractivity contribution in [2.75, 3.05) is 5.75 Å². The summed E-state index contributed by atoms with van der Waals surface area (Å²) < 4.78 is 64.9. The van der Waals surface area contributed by atoms with Crippen LogP contribution in [-0.4, -0.2) is 33.7 Å². The van der Waals surface area contributed by atoms with Crippen LogP contribution in [0.3, 0.4) is 0 Å². The van der Waals surface area contributed by atoms with Crippen molar-refractivity contribution in [3.8, 4) is 17.6 Å². The van der Waals surface area contributed by atoms with E-state index in [9.17, 15) is 21.6 Å². The smallest absolute Gasteiger partial charge is 0.310 e. The summed E-state index contributed by atoms with van der Waals surface area (Å²) in [7, 11) is -2.27. The highest BCUT2D eigenvalue weighted by molar-refractivity contribution is 7.91. The van der Waals surface area contributed by atoms with Gasteiger partial charge in [0.25, 0.3) is 0 Å². The van der Waals surface area contributed by atoms with E-state index in [1.165, 1.54) is 30.8 Å². The number of fused-ring (bicyclic) bond motifs is 1. The molecule has 11 heteroatoms. The van der Waals surface area contributed by atoms with Gasteiger partial charge in [-0.05, 0) is 12.1 Å². The first-order chi connectivity index (χ1) is 12.6. The molecule has 3 rings (SSSR count). The Labute approximate surface area is 152 Å². The Morgan fingerprint density at radius 2 is 1.93 bits per heavy atom. The molecule has 140 valence electrons. The van der Waals surface area contributed by atoms with E-state index in [-0.39, 0.29) is 38.9 Å². The lowest BCUT2D eigenvalue weighted by Gasteiger charge is -2.09. The van der Waals surface area contributed by atoms with E-state index in [0.29, 0.717) is 6.20 Å². The molecule has 0 bridgehead atoms. The third kappa shape index (κ3) is 3.23. The van der Waals surface area contributed by atoms with E-state index in [2.05, 4.69) is 15.0 Å². The lowest BCUT2D eigenvalue weighted by Crippen LogP contribution is -2.09. The van der Waals surface area contributed by atoms with Gasteiger partial charge in [0.2, 0.25) is 0 Å². The SMILES string of the molecule is CCS(=O)(=O)c1cc(C#N)cnc1-c1nc2cc(C(F)(F)F)cnc2n1C. The van der Waals surface area contributed by atoms with Crippen LogP contribution in [-0.2, 0) is 23.1 Å². The molecule has 3 aromatic heterocycles. The van der Waals surface area contributed by atoms with Gasteiger partial charge in [-0.15, -0.1) is 0 Å². The first kappa shape index (κ1) is 18.8. The van der Waals surface area contributed by atoms with Crippen LogP contribution in [0.25, 0.3) is 22.7 Å². The zero-order chi connectivity index (χ0) is 20.0. The molecule has 0 amide bonds. The van der Waals surface area contributed by atoms with Crippen LogP contribution in [0.5, 0.6) is 0 Å². The molecule has 0 spiro atoms. The Morgan fingerprint density at radius 1 is 1.22 bits per heavy atom. The third-order valence-corrected chi connectivity index (χ3v) is 5.69. The van der Waals surface area contributed by atoms with E-state index in [4.69, 9.17) is 5.26 Å². The molecule has 0 saturated heterocycles. The van der Waals surface area contributed by atoms with Crippen molar-refractivity contribution < 1.29 is 21.6 Å². The molecular weight excluding hydrogens is 383 g/mol. The summed E-state index contributed by atoms with van der Waals surface area (Å²) in [5.74, 6) is -0.204. The average molecular weight is 395 g/mol. The number of nitrogens with zero attached hydrogens (tertiary/aromatic N) is 5. The second-order valence-electron chi connectivity index (χ2n) is 5.64. The van der Waals surface area contributed by atoms with E-state index in [1.807, 2.05) is 6.07 Å². The monoisotopic (exact) mass is 395 g/mol. The third-order valence-electron chi connectivity index (χ3n) is 3.95. The number of aromatic nitrogens is 4. The van der Waals surface area contributed by atoms with Gasteiger partial charge in [-0.25, -0.2) is 18.4 Å². The molecule has 27 heavy (non-hydrogen) atoms. The van der Waals surface area contributed by atoms with Crippen molar-refractivity contribution in [1.82, 2.24) is 19.5 Å². The topological polar surface area (TPSA) is 102 Å². The standard InChI is InChI=1S/C16H12F3N5O2S/c1-3-27(25,26)12-4-9(6-20)7-21-13(12)15-23-11-5-10(16(17,18)19)8-22-14(11)24(15)2/h4-5,7-8H,3H2,1-2H3. The summed E-state index contributed by atoms with van der Waals surface area (Å²) in [6.45, 7) is 1.43. The van der Waals surface area contributed by atoms with Crippen LogP contribution in [0.2, 0.25) is 0 Å². The number of alkyl halides is 3. The van der Waals surface area contributed by atoms with Crippen molar-refractivity contribution in [1.29, 1.82) is 5.26 Å². The van der Waals surface area contributed by atoms with Gasteiger partial charge in [0.15, 0.2) is 21.3 Å². The van der Waals surface area contributed by atoms with Crippen molar-refractivity contribution >= 4 is 21.0 Å². The predicted molar refractivity (Wildman–Crippen MR) is 89.2 cm³/mol. The first-order valence-electron chi connectivity index (χ1n) is 7.61. The molecule has 0 aliphatic heterocycles. The molecule has 0 saturated carbocycles. The van der Waals surface area contributed by atoms with Gasteiger partial charge >= 0.3 is 6.18 Å². The number of imidazole rings is 1. The summed E-state index contributed by atoms with van der Waals surface area (Å²) >= 11 is 0. The van der Waals surface area contributed by atoms with Crippen molar-refractivity contribution in [3.05, 3.63) is 35.7 Å². The summed E-state index contributed by atoms with van der Waals surface area (Å²) in [6.07, 6.45) is -2.72. The van der Waals surface area contributed by atoms with Crippen LogP contribution in [0.1, 0.15) is 18.1 Å². The number of nitriles is 1. The maximum atomic E-state index is 12.9. The number of rotatable bonds is 3. The summed E-state index contributed by atoms with van der Waals surface area (Å²) in [5.41, 5.74) is -0.877. The number of halogens is 3. The van der Waals surface area contributed by atoms with Crippen molar-refractivity contribution in [2.45, 2.75) is 18.0 Å². The molecular formula is C16H12F3N5O2S. The van der Waals surface area contributed by atoms with Gasteiger partial charge in [0.05, 0.1) is 21.8 Å². The van der Waals surface area contributed by atoms with E-state index < -0.39 is 21.6 Å². The van der Waals surface area contributed by atoms with Crippen molar-refractivity contribution in [2.24, 2.45) is 7.05 Å². The zero-order valence-corrected chi connectivity index (χ0v) is 14.9. The van der Waals surface area contributed by atoms with Crippen LogP contribution in [0, 0.1) is 11.3 Å². The average Bonchev–Trinajstić information content (AvgIpc) is 2.96. The fraction of sp³-hybridized carbons (Fsp3) is 0.250. The fourth-order valence-electron chi connectivity index (χ4n) is 2.51. The molecule has 0 fully saturated rings. The summed E-state index contributed by atoms with van der Waals surface area (Å²) in [6, 6.07) is 3.83. The second kappa shape index (κ2) is 6.31. The Hall–Kier alpha value is -3.00. The quantitative estimate of drug-likeness (QED) is 0.676. The molecule has 0 atom stereocenters. The van der Waals surface area contributed by atoms with E-state index in [1.54, 1.807) is 0 Å². The van der Waals surface area contributed by atoms with Crippen LogP contribution in [0.15, 0.2) is 29.4 Å². The first-order valence-corrected chi connectivity index (χ1v) is 9.26. The minimum absolute atomic E-state index is 0.0355. The van der Waals surface area contributed by atoms with Gasteiger partial charge in [-0.1, -0.05) is 6.92 Å².